The Morgan fingerprint density at radius 2 is 1.78 bits per heavy atom. The Morgan fingerprint density at radius 1 is 1.00 bits per heavy atom. The van der Waals surface area contributed by atoms with Crippen LogP contribution in [0.1, 0.15) is 21.9 Å². The zero-order valence-corrected chi connectivity index (χ0v) is 15.8. The quantitative estimate of drug-likeness (QED) is 0.481. The van der Waals surface area contributed by atoms with Gasteiger partial charge in [0.15, 0.2) is 0 Å². The molecule has 1 N–H and O–H groups in total. The first-order valence-corrected chi connectivity index (χ1v) is 9.48. The van der Waals surface area contributed by atoms with Crippen LogP contribution in [-0.2, 0) is 0 Å². The second-order valence-electron chi connectivity index (χ2n) is 6.27. The fourth-order valence-electron chi connectivity index (χ4n) is 2.93. The van der Waals surface area contributed by atoms with Crippen molar-refractivity contribution in [2.24, 2.45) is 0 Å². The van der Waals surface area contributed by atoms with E-state index < -0.39 is 0 Å². The van der Waals surface area contributed by atoms with E-state index in [9.17, 15) is 4.79 Å². The Labute approximate surface area is 161 Å². The zero-order chi connectivity index (χ0) is 18.8. The minimum Gasteiger partial charge on any atom is -0.466 e. The van der Waals surface area contributed by atoms with E-state index in [1.54, 1.807) is 24.3 Å². The first kappa shape index (κ1) is 17.2. The van der Waals surface area contributed by atoms with E-state index in [0.717, 1.165) is 33.3 Å². The molecule has 0 spiro atoms. The summed E-state index contributed by atoms with van der Waals surface area (Å²) in [5.74, 6) is 1.17. The van der Waals surface area contributed by atoms with Gasteiger partial charge in [0.25, 0.3) is 5.91 Å². The largest absolute Gasteiger partial charge is 0.466 e. The summed E-state index contributed by atoms with van der Waals surface area (Å²) >= 11 is 1.61. The monoisotopic (exact) mass is 374 g/mol. The summed E-state index contributed by atoms with van der Waals surface area (Å²) in [6.07, 6.45) is 0. The lowest BCUT2D eigenvalue weighted by Gasteiger charge is -2.06. The number of thiazole rings is 1. The van der Waals surface area contributed by atoms with Gasteiger partial charge in [-0.2, -0.15) is 0 Å². The van der Waals surface area contributed by atoms with Crippen molar-refractivity contribution < 1.29 is 9.21 Å². The Kier molecular flexibility index (Phi) is 4.60. The summed E-state index contributed by atoms with van der Waals surface area (Å²) in [5, 5.41) is 5.95. The second kappa shape index (κ2) is 7.21. The number of rotatable bonds is 4. The maximum Gasteiger partial charge on any atom is 0.259 e. The van der Waals surface area contributed by atoms with Crippen LogP contribution in [0.5, 0.6) is 0 Å². The van der Waals surface area contributed by atoms with Crippen LogP contribution in [0.3, 0.4) is 0 Å². The Bertz CT molecular complexity index is 1100. The Balaban J connectivity index is 1.57. The molecule has 0 aliphatic rings. The first-order valence-electron chi connectivity index (χ1n) is 8.60. The van der Waals surface area contributed by atoms with Crippen LogP contribution in [0.15, 0.2) is 70.5 Å². The van der Waals surface area contributed by atoms with Gasteiger partial charge < -0.3 is 9.73 Å². The van der Waals surface area contributed by atoms with Crippen molar-refractivity contribution in [3.8, 4) is 21.8 Å². The number of nitrogens with zero attached hydrogens (tertiary/aromatic N) is 1. The minimum absolute atomic E-state index is 0.176. The molecule has 0 fully saturated rings. The molecule has 4 nitrogen and oxygen atoms in total. The molecule has 134 valence electrons. The number of hydrogen-bond donors (Lipinski definition) is 1. The highest BCUT2D eigenvalue weighted by Crippen LogP contribution is 2.30. The summed E-state index contributed by atoms with van der Waals surface area (Å²) in [5.41, 5.74) is 4.24. The van der Waals surface area contributed by atoms with E-state index in [0.29, 0.717) is 11.3 Å². The molecule has 5 heteroatoms. The van der Waals surface area contributed by atoms with Crippen molar-refractivity contribution in [2.45, 2.75) is 13.8 Å². The summed E-state index contributed by atoms with van der Waals surface area (Å²) in [7, 11) is 0. The molecule has 0 saturated carbocycles. The number of anilines is 1. The lowest BCUT2D eigenvalue weighted by Crippen LogP contribution is -2.12. The van der Waals surface area contributed by atoms with Gasteiger partial charge in [-0.25, -0.2) is 4.98 Å². The molecule has 0 atom stereocenters. The molecule has 27 heavy (non-hydrogen) atoms. The minimum atomic E-state index is -0.176. The molecule has 0 radical (unpaired) electrons. The molecule has 4 rings (SSSR count). The maximum absolute atomic E-state index is 12.5. The van der Waals surface area contributed by atoms with E-state index in [-0.39, 0.29) is 5.91 Å². The smallest absolute Gasteiger partial charge is 0.259 e. The Morgan fingerprint density at radius 3 is 2.52 bits per heavy atom. The number of amides is 1. The third-order valence-corrected chi connectivity index (χ3v) is 5.12. The molecule has 4 aromatic rings. The van der Waals surface area contributed by atoms with Crippen molar-refractivity contribution in [1.29, 1.82) is 0 Å². The van der Waals surface area contributed by atoms with Gasteiger partial charge in [0, 0.05) is 22.2 Å². The van der Waals surface area contributed by atoms with Crippen LogP contribution in [0.25, 0.3) is 21.8 Å². The van der Waals surface area contributed by atoms with Crippen LogP contribution >= 0.6 is 11.3 Å². The molecular formula is C22H18N2O2S. The normalized spacial score (nSPS) is 10.7. The van der Waals surface area contributed by atoms with E-state index in [1.807, 2.05) is 54.8 Å². The fraction of sp³-hybridized carbons (Fsp3) is 0.0909. The van der Waals surface area contributed by atoms with Crippen molar-refractivity contribution in [3.05, 3.63) is 83.1 Å². The molecule has 2 heterocycles. The number of carbonyl (C=O) groups excluding carboxylic acids is 1. The third-order valence-electron chi connectivity index (χ3n) is 4.23. The van der Waals surface area contributed by atoms with Gasteiger partial charge in [0.05, 0.1) is 11.3 Å². The lowest BCUT2D eigenvalue weighted by molar-refractivity contribution is 0.102. The van der Waals surface area contributed by atoms with Crippen LogP contribution in [0.2, 0.25) is 0 Å². The molecule has 0 saturated heterocycles. The van der Waals surface area contributed by atoms with Gasteiger partial charge >= 0.3 is 0 Å². The molecular weight excluding hydrogens is 356 g/mol. The number of carbonyl (C=O) groups is 1. The molecule has 0 unspecified atom stereocenters. The van der Waals surface area contributed by atoms with Gasteiger partial charge in [-0.3, -0.25) is 4.79 Å². The average molecular weight is 374 g/mol. The summed E-state index contributed by atoms with van der Waals surface area (Å²) in [6, 6.07) is 19.6. The number of furan rings is 1. The van der Waals surface area contributed by atoms with Crippen molar-refractivity contribution >= 4 is 22.9 Å². The summed E-state index contributed by atoms with van der Waals surface area (Å²) in [6.45, 7) is 3.62. The number of benzene rings is 2. The maximum atomic E-state index is 12.5. The molecule has 1 amide bonds. The SMILES string of the molecule is Cc1cc(C(=O)Nc2cccc(-c3csc(-c4ccccc4)n3)c2)c(C)o1. The van der Waals surface area contributed by atoms with E-state index in [2.05, 4.69) is 17.4 Å². The van der Waals surface area contributed by atoms with Crippen molar-refractivity contribution in [2.75, 3.05) is 5.32 Å². The number of nitrogens with one attached hydrogen (secondary N) is 1. The van der Waals surface area contributed by atoms with Gasteiger partial charge in [0.2, 0.25) is 0 Å². The van der Waals surface area contributed by atoms with Crippen LogP contribution in [-0.4, -0.2) is 10.9 Å². The summed E-state index contributed by atoms with van der Waals surface area (Å²) < 4.78 is 5.44. The number of aryl methyl sites for hydroxylation is 2. The standard InChI is InChI=1S/C22H18N2O2S/c1-14-11-19(15(2)26-14)21(25)23-18-10-6-9-17(12-18)20-13-27-22(24-20)16-7-4-3-5-8-16/h3-13H,1-2H3,(H,23,25). The zero-order valence-electron chi connectivity index (χ0n) is 15.0. The number of aromatic nitrogens is 1. The van der Waals surface area contributed by atoms with Gasteiger partial charge in [-0.15, -0.1) is 11.3 Å². The highest BCUT2D eigenvalue weighted by atomic mass is 32.1. The van der Waals surface area contributed by atoms with Crippen LogP contribution < -0.4 is 5.32 Å². The first-order chi connectivity index (χ1) is 13.1. The van der Waals surface area contributed by atoms with Gasteiger partial charge in [0.1, 0.15) is 16.5 Å². The molecule has 0 aliphatic heterocycles. The average Bonchev–Trinajstić information content (AvgIpc) is 3.29. The van der Waals surface area contributed by atoms with E-state index in [1.165, 1.54) is 0 Å². The molecule has 2 aromatic carbocycles. The van der Waals surface area contributed by atoms with Crippen LogP contribution in [0.4, 0.5) is 5.69 Å². The van der Waals surface area contributed by atoms with Gasteiger partial charge in [-0.05, 0) is 32.0 Å². The fourth-order valence-corrected chi connectivity index (χ4v) is 3.77. The Hall–Kier alpha value is -3.18. The van der Waals surface area contributed by atoms with Crippen molar-refractivity contribution in [1.82, 2.24) is 4.98 Å². The van der Waals surface area contributed by atoms with E-state index >= 15 is 0 Å². The predicted molar refractivity (Wildman–Crippen MR) is 109 cm³/mol. The van der Waals surface area contributed by atoms with Crippen molar-refractivity contribution in [3.63, 3.8) is 0 Å². The molecule has 2 aromatic heterocycles. The van der Waals surface area contributed by atoms with E-state index in [4.69, 9.17) is 9.40 Å². The van der Waals surface area contributed by atoms with Gasteiger partial charge in [-0.1, -0.05) is 42.5 Å². The predicted octanol–water partition coefficient (Wildman–Crippen LogP) is 5.94. The lowest BCUT2D eigenvalue weighted by atomic mass is 10.1. The second-order valence-corrected chi connectivity index (χ2v) is 7.12. The highest BCUT2D eigenvalue weighted by molar-refractivity contribution is 7.13. The highest BCUT2D eigenvalue weighted by Gasteiger charge is 2.14. The molecule has 0 bridgehead atoms. The molecule has 0 aliphatic carbocycles. The summed E-state index contributed by atoms with van der Waals surface area (Å²) in [4.78, 5) is 17.2. The number of hydrogen-bond acceptors (Lipinski definition) is 4. The van der Waals surface area contributed by atoms with Crippen LogP contribution in [0, 0.1) is 13.8 Å². The third kappa shape index (κ3) is 3.68. The topological polar surface area (TPSA) is 55.1 Å².